The Balaban J connectivity index is 2.48. The molecule has 2 amide bonds. The summed E-state index contributed by atoms with van der Waals surface area (Å²) < 4.78 is 34.0. The van der Waals surface area contributed by atoms with Gasteiger partial charge in [0.05, 0.1) is 20.2 Å². The highest BCUT2D eigenvalue weighted by atomic mass is 19.3. The molecule has 1 aromatic rings. The summed E-state index contributed by atoms with van der Waals surface area (Å²) in [6, 6.07) is 4.61. The first-order valence-corrected chi connectivity index (χ1v) is 6.81. The van der Waals surface area contributed by atoms with Gasteiger partial charge in [-0.25, -0.2) is 0 Å². The summed E-state index contributed by atoms with van der Waals surface area (Å²) in [6.45, 7) is -3.03. The van der Waals surface area contributed by atoms with Gasteiger partial charge >= 0.3 is 6.61 Å². The molecule has 0 unspecified atom stereocenters. The number of alkyl halides is 2. The number of halogens is 2. The monoisotopic (exact) mass is 331 g/mol. The largest absolute Gasteiger partial charge is 0.493 e. The molecule has 0 bridgehead atoms. The van der Waals surface area contributed by atoms with Crippen LogP contribution < -0.4 is 25.8 Å². The fourth-order valence-corrected chi connectivity index (χ4v) is 1.72. The molecule has 0 radical (unpaired) electrons. The standard InChI is InChI=1S/C14H19F2N3O4/c1-22-10-3-2-9(6-11(10)23-14(15)16)4-5-18-13(21)8-19-12(20)7-17/h2-3,6,14H,4-5,7-8,17H2,1H3,(H,18,21)(H,19,20). The van der Waals surface area contributed by atoms with Crippen LogP contribution in [0.2, 0.25) is 0 Å². The second-order valence-electron chi connectivity index (χ2n) is 4.44. The zero-order valence-corrected chi connectivity index (χ0v) is 12.6. The highest BCUT2D eigenvalue weighted by molar-refractivity contribution is 5.85. The molecule has 0 aliphatic carbocycles. The predicted octanol–water partition coefficient (Wildman–Crippen LogP) is 0.0302. The van der Waals surface area contributed by atoms with Crippen LogP contribution in [0.4, 0.5) is 8.78 Å². The zero-order chi connectivity index (χ0) is 17.2. The minimum Gasteiger partial charge on any atom is -0.493 e. The average molecular weight is 331 g/mol. The summed E-state index contributed by atoms with van der Waals surface area (Å²) in [5.74, 6) is -0.669. The molecular weight excluding hydrogens is 312 g/mol. The average Bonchev–Trinajstić information content (AvgIpc) is 2.52. The smallest absolute Gasteiger partial charge is 0.387 e. The van der Waals surface area contributed by atoms with Crippen molar-refractivity contribution in [3.8, 4) is 11.5 Å². The molecule has 7 nitrogen and oxygen atoms in total. The molecule has 0 aliphatic rings. The second-order valence-corrected chi connectivity index (χ2v) is 4.44. The number of amides is 2. The molecule has 4 N–H and O–H groups in total. The van der Waals surface area contributed by atoms with E-state index in [0.29, 0.717) is 12.0 Å². The minimum atomic E-state index is -2.95. The van der Waals surface area contributed by atoms with Gasteiger partial charge in [-0.05, 0) is 24.1 Å². The number of rotatable bonds is 9. The van der Waals surface area contributed by atoms with Crippen LogP contribution in [0.5, 0.6) is 11.5 Å². The highest BCUT2D eigenvalue weighted by Crippen LogP contribution is 2.29. The van der Waals surface area contributed by atoms with E-state index < -0.39 is 12.5 Å². The molecule has 0 saturated carbocycles. The maximum atomic E-state index is 12.3. The van der Waals surface area contributed by atoms with Crippen molar-refractivity contribution in [3.63, 3.8) is 0 Å². The number of ether oxygens (including phenoxy) is 2. The van der Waals surface area contributed by atoms with Crippen molar-refractivity contribution in [2.24, 2.45) is 5.73 Å². The Morgan fingerprint density at radius 1 is 1.22 bits per heavy atom. The van der Waals surface area contributed by atoms with Crippen molar-refractivity contribution < 1.29 is 27.8 Å². The fraction of sp³-hybridized carbons (Fsp3) is 0.429. The Morgan fingerprint density at radius 2 is 1.96 bits per heavy atom. The lowest BCUT2D eigenvalue weighted by molar-refractivity contribution is -0.125. The summed E-state index contributed by atoms with van der Waals surface area (Å²) in [7, 11) is 1.35. The van der Waals surface area contributed by atoms with Gasteiger partial charge in [-0.3, -0.25) is 9.59 Å². The molecule has 1 rings (SSSR count). The lowest BCUT2D eigenvalue weighted by Crippen LogP contribution is -2.40. The van der Waals surface area contributed by atoms with Gasteiger partial charge in [0.15, 0.2) is 11.5 Å². The van der Waals surface area contributed by atoms with E-state index in [1.807, 2.05) is 0 Å². The molecular formula is C14H19F2N3O4. The maximum Gasteiger partial charge on any atom is 0.387 e. The number of hydrogen-bond donors (Lipinski definition) is 3. The second kappa shape index (κ2) is 9.57. The lowest BCUT2D eigenvalue weighted by atomic mass is 10.1. The Morgan fingerprint density at radius 3 is 2.57 bits per heavy atom. The van der Waals surface area contributed by atoms with E-state index in [-0.39, 0.29) is 37.0 Å². The number of carbonyl (C=O) groups excluding carboxylic acids is 2. The summed E-state index contributed by atoms with van der Waals surface area (Å²) >= 11 is 0. The topological polar surface area (TPSA) is 103 Å². The molecule has 0 heterocycles. The summed E-state index contributed by atoms with van der Waals surface area (Å²) in [4.78, 5) is 22.4. The van der Waals surface area contributed by atoms with Crippen molar-refractivity contribution in [1.29, 1.82) is 0 Å². The summed E-state index contributed by atoms with van der Waals surface area (Å²) in [6.07, 6.45) is 0.403. The molecule has 0 fully saturated rings. The highest BCUT2D eigenvalue weighted by Gasteiger charge is 2.11. The summed E-state index contributed by atoms with van der Waals surface area (Å²) in [5.41, 5.74) is 5.78. The number of nitrogens with one attached hydrogen (secondary N) is 2. The van der Waals surface area contributed by atoms with Crippen molar-refractivity contribution in [1.82, 2.24) is 10.6 Å². The van der Waals surface area contributed by atoms with Gasteiger partial charge < -0.3 is 25.8 Å². The SMILES string of the molecule is COc1ccc(CCNC(=O)CNC(=O)CN)cc1OC(F)F. The molecule has 0 atom stereocenters. The van der Waals surface area contributed by atoms with Crippen molar-refractivity contribution in [2.75, 3.05) is 26.7 Å². The molecule has 1 aromatic carbocycles. The molecule has 23 heavy (non-hydrogen) atoms. The molecule has 0 saturated heterocycles. The lowest BCUT2D eigenvalue weighted by Gasteiger charge is -2.12. The third-order valence-electron chi connectivity index (χ3n) is 2.81. The Kier molecular flexibility index (Phi) is 7.75. The first-order chi connectivity index (χ1) is 11.0. The summed E-state index contributed by atoms with van der Waals surface area (Å²) in [5, 5.41) is 4.92. The van der Waals surface area contributed by atoms with Gasteiger partial charge in [0.2, 0.25) is 11.8 Å². The van der Waals surface area contributed by atoms with Crippen LogP contribution >= 0.6 is 0 Å². The molecule has 0 spiro atoms. The van der Waals surface area contributed by atoms with E-state index in [9.17, 15) is 18.4 Å². The Hall–Kier alpha value is -2.42. The number of hydrogen-bond acceptors (Lipinski definition) is 5. The molecule has 128 valence electrons. The van der Waals surface area contributed by atoms with E-state index in [2.05, 4.69) is 15.4 Å². The third kappa shape index (κ3) is 6.92. The molecule has 9 heteroatoms. The fourth-order valence-electron chi connectivity index (χ4n) is 1.72. The number of benzene rings is 1. The number of nitrogens with two attached hydrogens (primary N) is 1. The first kappa shape index (κ1) is 18.6. The minimum absolute atomic E-state index is 0.0680. The van der Waals surface area contributed by atoms with E-state index in [1.165, 1.54) is 19.2 Å². The number of carbonyl (C=O) groups is 2. The van der Waals surface area contributed by atoms with E-state index in [0.717, 1.165) is 0 Å². The van der Waals surface area contributed by atoms with Crippen LogP contribution in [0.1, 0.15) is 5.56 Å². The van der Waals surface area contributed by atoms with Crippen LogP contribution in [0, 0.1) is 0 Å². The number of methoxy groups -OCH3 is 1. The molecule has 0 aromatic heterocycles. The predicted molar refractivity (Wildman–Crippen MR) is 78.4 cm³/mol. The van der Waals surface area contributed by atoms with Crippen molar-refractivity contribution >= 4 is 11.8 Å². The van der Waals surface area contributed by atoms with Gasteiger partial charge in [-0.1, -0.05) is 6.07 Å². The van der Waals surface area contributed by atoms with Crippen LogP contribution in [-0.4, -0.2) is 45.2 Å². The van der Waals surface area contributed by atoms with Crippen LogP contribution in [0.25, 0.3) is 0 Å². The maximum absolute atomic E-state index is 12.3. The van der Waals surface area contributed by atoms with Gasteiger partial charge in [-0.15, -0.1) is 0 Å². The Labute approximate surface area is 132 Å². The molecule has 0 aliphatic heterocycles. The van der Waals surface area contributed by atoms with E-state index in [1.54, 1.807) is 6.07 Å². The van der Waals surface area contributed by atoms with E-state index in [4.69, 9.17) is 10.5 Å². The quantitative estimate of drug-likeness (QED) is 0.592. The van der Waals surface area contributed by atoms with Gasteiger partial charge in [-0.2, -0.15) is 8.78 Å². The van der Waals surface area contributed by atoms with Crippen molar-refractivity contribution in [2.45, 2.75) is 13.0 Å². The zero-order valence-electron chi connectivity index (χ0n) is 12.6. The normalized spacial score (nSPS) is 10.3. The van der Waals surface area contributed by atoms with Gasteiger partial charge in [0, 0.05) is 6.54 Å². The third-order valence-corrected chi connectivity index (χ3v) is 2.81. The van der Waals surface area contributed by atoms with Crippen LogP contribution in [0.15, 0.2) is 18.2 Å². The van der Waals surface area contributed by atoms with Gasteiger partial charge in [0.1, 0.15) is 0 Å². The van der Waals surface area contributed by atoms with Crippen LogP contribution in [0.3, 0.4) is 0 Å². The van der Waals surface area contributed by atoms with Crippen LogP contribution in [-0.2, 0) is 16.0 Å². The first-order valence-electron chi connectivity index (χ1n) is 6.81. The van der Waals surface area contributed by atoms with E-state index >= 15 is 0 Å². The Bertz CT molecular complexity index is 541. The van der Waals surface area contributed by atoms with Gasteiger partial charge in [0.25, 0.3) is 0 Å². The van der Waals surface area contributed by atoms with Crippen molar-refractivity contribution in [3.05, 3.63) is 23.8 Å².